The maximum atomic E-state index is 11.8. The van der Waals surface area contributed by atoms with Crippen LogP contribution in [0.1, 0.15) is 46.5 Å². The number of hydrogen-bond donors (Lipinski definition) is 0. The minimum Gasteiger partial charge on any atom is -0.454 e. The molecule has 0 spiro atoms. The molecule has 14 heavy (non-hydrogen) atoms. The van der Waals surface area contributed by atoms with E-state index < -0.39 is 0 Å². The average Bonchev–Trinajstić information content (AvgIpc) is 2.10. The van der Waals surface area contributed by atoms with Crippen LogP contribution in [-0.4, -0.2) is 11.6 Å². The molecule has 1 aliphatic rings. The van der Waals surface area contributed by atoms with Crippen LogP contribution in [0.15, 0.2) is 12.7 Å². The van der Waals surface area contributed by atoms with Crippen molar-refractivity contribution in [1.29, 1.82) is 0 Å². The van der Waals surface area contributed by atoms with Gasteiger partial charge < -0.3 is 4.74 Å². The van der Waals surface area contributed by atoms with Gasteiger partial charge in [-0.15, -0.1) is 0 Å². The zero-order chi connectivity index (χ0) is 10.8. The van der Waals surface area contributed by atoms with Gasteiger partial charge in [-0.05, 0) is 45.6 Å². The third-order valence-electron chi connectivity index (χ3n) is 3.30. The van der Waals surface area contributed by atoms with Gasteiger partial charge in [0.05, 0.1) is 5.41 Å². The molecule has 1 rings (SSSR count). The summed E-state index contributed by atoms with van der Waals surface area (Å²) in [4.78, 5) is 11.8. The maximum absolute atomic E-state index is 11.8. The van der Waals surface area contributed by atoms with Crippen LogP contribution in [0.5, 0.6) is 0 Å². The van der Waals surface area contributed by atoms with Crippen molar-refractivity contribution in [1.82, 2.24) is 0 Å². The number of carbonyl (C=O) groups excluding carboxylic acids is 1. The highest BCUT2D eigenvalue weighted by molar-refractivity contribution is 5.76. The SMILES string of the molecule is C=CC1(OC(=O)C(C)(C)CC)CCC1. The van der Waals surface area contributed by atoms with Gasteiger partial charge in [-0.25, -0.2) is 0 Å². The van der Waals surface area contributed by atoms with Crippen molar-refractivity contribution in [2.24, 2.45) is 5.41 Å². The minimum absolute atomic E-state index is 0.0976. The fourth-order valence-corrected chi connectivity index (χ4v) is 1.34. The second kappa shape index (κ2) is 3.76. The van der Waals surface area contributed by atoms with Crippen LogP contribution in [0, 0.1) is 5.41 Å². The summed E-state index contributed by atoms with van der Waals surface area (Å²) in [6, 6.07) is 0. The lowest BCUT2D eigenvalue weighted by Gasteiger charge is -2.40. The smallest absolute Gasteiger partial charge is 0.312 e. The molecule has 1 saturated carbocycles. The molecule has 0 N–H and O–H groups in total. The van der Waals surface area contributed by atoms with Crippen molar-refractivity contribution in [2.45, 2.75) is 52.1 Å². The monoisotopic (exact) mass is 196 g/mol. The molecule has 0 aliphatic heterocycles. The zero-order valence-electron chi connectivity index (χ0n) is 9.43. The molecule has 80 valence electrons. The topological polar surface area (TPSA) is 26.3 Å². The van der Waals surface area contributed by atoms with Gasteiger partial charge in [-0.1, -0.05) is 13.5 Å². The minimum atomic E-state index is -0.369. The molecule has 0 aromatic rings. The van der Waals surface area contributed by atoms with Crippen molar-refractivity contribution in [3.8, 4) is 0 Å². The lowest BCUT2D eigenvalue weighted by atomic mass is 9.79. The van der Waals surface area contributed by atoms with E-state index in [1.807, 2.05) is 20.8 Å². The molecule has 0 unspecified atom stereocenters. The second-order valence-corrected chi connectivity index (χ2v) is 4.75. The summed E-state index contributed by atoms with van der Waals surface area (Å²) >= 11 is 0. The largest absolute Gasteiger partial charge is 0.454 e. The summed E-state index contributed by atoms with van der Waals surface area (Å²) < 4.78 is 5.52. The van der Waals surface area contributed by atoms with Crippen molar-refractivity contribution in [3.05, 3.63) is 12.7 Å². The molecular formula is C12H20O2. The Morgan fingerprint density at radius 2 is 2.14 bits per heavy atom. The number of esters is 1. The van der Waals surface area contributed by atoms with Gasteiger partial charge in [0.2, 0.25) is 0 Å². The Morgan fingerprint density at radius 1 is 1.57 bits per heavy atom. The molecule has 0 heterocycles. The van der Waals surface area contributed by atoms with Gasteiger partial charge in [0.25, 0.3) is 0 Å². The van der Waals surface area contributed by atoms with Crippen molar-refractivity contribution in [2.75, 3.05) is 0 Å². The van der Waals surface area contributed by atoms with E-state index in [2.05, 4.69) is 6.58 Å². The first-order valence-corrected chi connectivity index (χ1v) is 5.33. The summed E-state index contributed by atoms with van der Waals surface area (Å²) in [6.45, 7) is 9.58. The third-order valence-corrected chi connectivity index (χ3v) is 3.30. The van der Waals surface area contributed by atoms with E-state index in [9.17, 15) is 4.79 Å². The zero-order valence-corrected chi connectivity index (χ0v) is 9.43. The van der Waals surface area contributed by atoms with Gasteiger partial charge in [0, 0.05) is 0 Å². The van der Waals surface area contributed by atoms with Crippen molar-refractivity contribution < 1.29 is 9.53 Å². The number of ether oxygens (including phenoxy) is 1. The Hall–Kier alpha value is -0.790. The standard InChI is InChI=1S/C12H20O2/c1-5-11(3,4)10(13)14-12(6-2)8-7-9-12/h6H,2,5,7-9H2,1,3-4H3. The van der Waals surface area contributed by atoms with Crippen LogP contribution in [0.25, 0.3) is 0 Å². The van der Waals surface area contributed by atoms with Gasteiger partial charge in [0.15, 0.2) is 0 Å². The molecule has 0 amide bonds. The van der Waals surface area contributed by atoms with E-state index >= 15 is 0 Å². The Balaban J connectivity index is 2.60. The van der Waals surface area contributed by atoms with E-state index in [0.717, 1.165) is 25.7 Å². The molecule has 1 fully saturated rings. The predicted molar refractivity (Wildman–Crippen MR) is 56.9 cm³/mol. The van der Waals surface area contributed by atoms with Gasteiger partial charge in [0.1, 0.15) is 5.60 Å². The molecule has 0 aromatic heterocycles. The highest BCUT2D eigenvalue weighted by Crippen LogP contribution is 2.38. The third kappa shape index (κ3) is 1.99. The molecule has 0 bridgehead atoms. The molecule has 2 heteroatoms. The van der Waals surface area contributed by atoms with Gasteiger partial charge in [-0.3, -0.25) is 4.79 Å². The van der Waals surface area contributed by atoms with E-state index in [1.165, 1.54) is 0 Å². The van der Waals surface area contributed by atoms with E-state index in [1.54, 1.807) is 6.08 Å². The molecule has 2 nitrogen and oxygen atoms in total. The predicted octanol–water partition coefficient (Wildman–Crippen LogP) is 3.07. The first-order chi connectivity index (χ1) is 6.46. The van der Waals surface area contributed by atoms with Gasteiger partial charge in [-0.2, -0.15) is 0 Å². The van der Waals surface area contributed by atoms with Crippen LogP contribution in [0.3, 0.4) is 0 Å². The Kier molecular flexibility index (Phi) is 3.03. The Bertz CT molecular complexity index is 237. The maximum Gasteiger partial charge on any atom is 0.312 e. The average molecular weight is 196 g/mol. The number of carbonyl (C=O) groups is 1. The first kappa shape index (κ1) is 11.3. The van der Waals surface area contributed by atoms with Crippen LogP contribution in [0.4, 0.5) is 0 Å². The lowest BCUT2D eigenvalue weighted by molar-refractivity contribution is -0.172. The molecule has 0 saturated heterocycles. The molecular weight excluding hydrogens is 176 g/mol. The quantitative estimate of drug-likeness (QED) is 0.510. The number of hydrogen-bond acceptors (Lipinski definition) is 2. The van der Waals surface area contributed by atoms with E-state index in [0.29, 0.717) is 0 Å². The van der Waals surface area contributed by atoms with Crippen molar-refractivity contribution in [3.63, 3.8) is 0 Å². The van der Waals surface area contributed by atoms with Crippen LogP contribution >= 0.6 is 0 Å². The summed E-state index contributed by atoms with van der Waals surface area (Å²) in [5.41, 5.74) is -0.713. The summed E-state index contributed by atoms with van der Waals surface area (Å²) in [6.07, 6.45) is 5.58. The Morgan fingerprint density at radius 3 is 2.43 bits per heavy atom. The second-order valence-electron chi connectivity index (χ2n) is 4.75. The lowest BCUT2D eigenvalue weighted by Crippen LogP contribution is -2.43. The van der Waals surface area contributed by atoms with E-state index in [4.69, 9.17) is 4.74 Å². The van der Waals surface area contributed by atoms with Crippen LogP contribution in [0.2, 0.25) is 0 Å². The van der Waals surface area contributed by atoms with Crippen LogP contribution in [-0.2, 0) is 9.53 Å². The fraction of sp³-hybridized carbons (Fsp3) is 0.750. The van der Waals surface area contributed by atoms with Crippen molar-refractivity contribution >= 4 is 5.97 Å². The fourth-order valence-electron chi connectivity index (χ4n) is 1.34. The first-order valence-electron chi connectivity index (χ1n) is 5.33. The highest BCUT2D eigenvalue weighted by atomic mass is 16.6. The normalized spacial score (nSPS) is 19.6. The highest BCUT2D eigenvalue weighted by Gasteiger charge is 2.41. The molecule has 0 atom stereocenters. The Labute approximate surface area is 86.3 Å². The van der Waals surface area contributed by atoms with Crippen LogP contribution < -0.4 is 0 Å². The summed E-state index contributed by atoms with van der Waals surface area (Å²) in [5, 5.41) is 0. The number of rotatable bonds is 4. The summed E-state index contributed by atoms with van der Waals surface area (Å²) in [5.74, 6) is -0.0976. The molecule has 0 aromatic carbocycles. The molecule has 1 aliphatic carbocycles. The summed E-state index contributed by atoms with van der Waals surface area (Å²) in [7, 11) is 0. The van der Waals surface area contributed by atoms with E-state index in [-0.39, 0.29) is 17.0 Å². The van der Waals surface area contributed by atoms with Gasteiger partial charge >= 0.3 is 5.97 Å². The molecule has 0 radical (unpaired) electrons.